The Labute approximate surface area is 189 Å². The lowest BCUT2D eigenvalue weighted by Crippen LogP contribution is -2.50. The van der Waals surface area contributed by atoms with Gasteiger partial charge in [0.05, 0.1) is 7.11 Å². The highest BCUT2D eigenvalue weighted by Crippen LogP contribution is 2.19. The van der Waals surface area contributed by atoms with Crippen LogP contribution in [0.4, 0.5) is 0 Å². The van der Waals surface area contributed by atoms with Gasteiger partial charge in [-0.25, -0.2) is 0 Å². The summed E-state index contributed by atoms with van der Waals surface area (Å²) >= 11 is 5.99. The number of halogens is 1. The van der Waals surface area contributed by atoms with Gasteiger partial charge in [-0.1, -0.05) is 44.0 Å². The van der Waals surface area contributed by atoms with E-state index < -0.39 is 6.04 Å². The zero-order chi connectivity index (χ0) is 22.6. The van der Waals surface area contributed by atoms with Crippen LogP contribution in [0.5, 0.6) is 11.5 Å². The maximum Gasteiger partial charge on any atom is 0.261 e. The summed E-state index contributed by atoms with van der Waals surface area (Å²) < 4.78 is 10.8. The molecule has 0 aliphatic carbocycles. The van der Waals surface area contributed by atoms with E-state index in [-0.39, 0.29) is 18.4 Å². The zero-order valence-electron chi connectivity index (χ0n) is 18.4. The number of hydrogen-bond acceptors (Lipinski definition) is 4. The summed E-state index contributed by atoms with van der Waals surface area (Å²) in [5.41, 5.74) is 0.891. The van der Waals surface area contributed by atoms with Gasteiger partial charge < -0.3 is 19.7 Å². The van der Waals surface area contributed by atoms with Crippen LogP contribution in [-0.2, 0) is 16.1 Å². The van der Waals surface area contributed by atoms with Gasteiger partial charge in [0, 0.05) is 18.1 Å². The van der Waals surface area contributed by atoms with Gasteiger partial charge in [0.1, 0.15) is 17.5 Å². The van der Waals surface area contributed by atoms with Crippen LogP contribution in [0.25, 0.3) is 0 Å². The number of methoxy groups -OCH3 is 1. The molecule has 1 N–H and O–H groups in total. The Morgan fingerprint density at radius 1 is 1.03 bits per heavy atom. The number of hydrogen-bond donors (Lipinski definition) is 1. The van der Waals surface area contributed by atoms with Crippen LogP contribution in [0.15, 0.2) is 48.5 Å². The Morgan fingerprint density at radius 2 is 1.68 bits per heavy atom. The number of amides is 2. The van der Waals surface area contributed by atoms with Gasteiger partial charge in [-0.2, -0.15) is 0 Å². The smallest absolute Gasteiger partial charge is 0.261 e. The van der Waals surface area contributed by atoms with Crippen molar-refractivity contribution in [2.45, 2.75) is 45.7 Å². The fourth-order valence-electron chi connectivity index (χ4n) is 3.11. The maximum absolute atomic E-state index is 13.1. The maximum atomic E-state index is 13.1. The predicted molar refractivity (Wildman–Crippen MR) is 122 cm³/mol. The Morgan fingerprint density at radius 3 is 2.26 bits per heavy atom. The molecule has 0 heterocycles. The topological polar surface area (TPSA) is 67.9 Å². The molecule has 1 unspecified atom stereocenters. The molecule has 0 aromatic heterocycles. The number of nitrogens with one attached hydrogen (secondary N) is 1. The average molecular weight is 447 g/mol. The molecule has 0 radical (unpaired) electrons. The van der Waals surface area contributed by atoms with E-state index in [2.05, 4.69) is 12.2 Å². The van der Waals surface area contributed by atoms with Crippen molar-refractivity contribution in [2.24, 2.45) is 0 Å². The Bertz CT molecular complexity index is 824. The van der Waals surface area contributed by atoms with E-state index >= 15 is 0 Å². The minimum absolute atomic E-state index is 0.150. The summed E-state index contributed by atoms with van der Waals surface area (Å²) in [6, 6.07) is 13.7. The van der Waals surface area contributed by atoms with E-state index in [0.717, 1.165) is 18.4 Å². The average Bonchev–Trinajstić information content (AvgIpc) is 2.79. The van der Waals surface area contributed by atoms with Crippen molar-refractivity contribution < 1.29 is 19.1 Å². The number of carbonyl (C=O) groups excluding carboxylic acids is 2. The van der Waals surface area contributed by atoms with E-state index in [1.54, 1.807) is 48.4 Å². The first-order valence-electron chi connectivity index (χ1n) is 10.6. The second kappa shape index (κ2) is 12.8. The third-order valence-electron chi connectivity index (χ3n) is 4.90. The highest BCUT2D eigenvalue weighted by molar-refractivity contribution is 6.30. The lowest BCUT2D eigenvalue weighted by molar-refractivity contribution is -0.143. The minimum Gasteiger partial charge on any atom is -0.497 e. The molecule has 0 spiro atoms. The van der Waals surface area contributed by atoms with E-state index in [4.69, 9.17) is 21.1 Å². The van der Waals surface area contributed by atoms with Crippen molar-refractivity contribution in [2.75, 3.05) is 20.3 Å². The van der Waals surface area contributed by atoms with Gasteiger partial charge in [0.2, 0.25) is 5.91 Å². The fourth-order valence-corrected chi connectivity index (χ4v) is 3.24. The van der Waals surface area contributed by atoms with Crippen molar-refractivity contribution in [1.82, 2.24) is 10.2 Å². The Kier molecular flexibility index (Phi) is 10.2. The van der Waals surface area contributed by atoms with E-state index in [1.807, 2.05) is 19.1 Å². The lowest BCUT2D eigenvalue weighted by Gasteiger charge is -2.30. The Balaban J connectivity index is 2.14. The molecule has 7 heteroatoms. The van der Waals surface area contributed by atoms with Gasteiger partial charge in [0.25, 0.3) is 5.91 Å². The van der Waals surface area contributed by atoms with Crippen molar-refractivity contribution >= 4 is 23.4 Å². The van der Waals surface area contributed by atoms with Crippen LogP contribution >= 0.6 is 11.6 Å². The summed E-state index contributed by atoms with van der Waals surface area (Å²) in [6.45, 7) is 4.68. The van der Waals surface area contributed by atoms with Crippen molar-refractivity contribution in [3.05, 3.63) is 59.1 Å². The number of unbranched alkanes of at least 4 members (excludes halogenated alkanes) is 1. The number of nitrogens with zero attached hydrogens (tertiary/aromatic N) is 1. The Hall–Kier alpha value is -2.73. The van der Waals surface area contributed by atoms with Gasteiger partial charge >= 0.3 is 0 Å². The standard InChI is InChI=1S/C24H31ClN2O4/c1-4-6-15-26-24(29)22(5-2)27(16-18-7-9-19(25)10-8-18)23(28)17-31-21-13-11-20(30-3)12-14-21/h7-14,22H,4-6,15-17H2,1-3H3,(H,26,29). The molecule has 0 aliphatic rings. The molecule has 168 valence electrons. The summed E-state index contributed by atoms with van der Waals surface area (Å²) in [5, 5.41) is 3.56. The van der Waals surface area contributed by atoms with Crippen LogP contribution in [0, 0.1) is 0 Å². The summed E-state index contributed by atoms with van der Waals surface area (Å²) in [4.78, 5) is 27.5. The van der Waals surface area contributed by atoms with Crippen LogP contribution in [-0.4, -0.2) is 43.0 Å². The molecule has 0 saturated heterocycles. The van der Waals surface area contributed by atoms with Gasteiger partial charge in [-0.15, -0.1) is 0 Å². The van der Waals surface area contributed by atoms with Crippen LogP contribution in [0.3, 0.4) is 0 Å². The summed E-state index contributed by atoms with van der Waals surface area (Å²) in [6.07, 6.45) is 2.38. The molecule has 0 bridgehead atoms. The highest BCUT2D eigenvalue weighted by Gasteiger charge is 2.28. The molecule has 0 aliphatic heterocycles. The molecule has 1 atom stereocenters. The molecule has 31 heavy (non-hydrogen) atoms. The fraction of sp³-hybridized carbons (Fsp3) is 0.417. The minimum atomic E-state index is -0.584. The second-order valence-corrected chi connectivity index (χ2v) is 7.62. The van der Waals surface area contributed by atoms with Crippen molar-refractivity contribution in [1.29, 1.82) is 0 Å². The van der Waals surface area contributed by atoms with Crippen molar-refractivity contribution in [3.63, 3.8) is 0 Å². The molecular formula is C24H31ClN2O4. The number of rotatable bonds is 12. The normalized spacial score (nSPS) is 11.5. The number of benzene rings is 2. The molecule has 2 rings (SSSR count). The largest absolute Gasteiger partial charge is 0.497 e. The van der Waals surface area contributed by atoms with Gasteiger partial charge in [0.15, 0.2) is 6.61 Å². The third-order valence-corrected chi connectivity index (χ3v) is 5.16. The molecule has 2 aromatic carbocycles. The first-order valence-corrected chi connectivity index (χ1v) is 10.9. The van der Waals surface area contributed by atoms with E-state index in [0.29, 0.717) is 36.0 Å². The van der Waals surface area contributed by atoms with Crippen LogP contribution < -0.4 is 14.8 Å². The molecule has 0 saturated carbocycles. The first-order chi connectivity index (χ1) is 15.0. The summed E-state index contributed by atoms with van der Waals surface area (Å²) in [7, 11) is 1.59. The van der Waals surface area contributed by atoms with Gasteiger partial charge in [-0.05, 0) is 54.8 Å². The van der Waals surface area contributed by atoms with E-state index in [9.17, 15) is 9.59 Å². The summed E-state index contributed by atoms with van der Waals surface area (Å²) in [5.74, 6) is 0.852. The lowest BCUT2D eigenvalue weighted by atomic mass is 10.1. The molecular weight excluding hydrogens is 416 g/mol. The van der Waals surface area contributed by atoms with Crippen LogP contribution in [0.2, 0.25) is 5.02 Å². The third kappa shape index (κ3) is 7.79. The van der Waals surface area contributed by atoms with Crippen LogP contribution in [0.1, 0.15) is 38.7 Å². The molecule has 2 aromatic rings. The number of ether oxygens (including phenoxy) is 2. The monoisotopic (exact) mass is 446 g/mol. The molecule has 6 nitrogen and oxygen atoms in total. The zero-order valence-corrected chi connectivity index (χ0v) is 19.2. The molecule has 0 fully saturated rings. The second-order valence-electron chi connectivity index (χ2n) is 7.18. The predicted octanol–water partition coefficient (Wildman–Crippen LogP) is 4.45. The first kappa shape index (κ1) is 24.5. The van der Waals surface area contributed by atoms with Gasteiger partial charge in [-0.3, -0.25) is 9.59 Å². The number of carbonyl (C=O) groups is 2. The SMILES string of the molecule is CCCCNC(=O)C(CC)N(Cc1ccc(Cl)cc1)C(=O)COc1ccc(OC)cc1. The highest BCUT2D eigenvalue weighted by atomic mass is 35.5. The van der Waals surface area contributed by atoms with Crippen molar-refractivity contribution in [3.8, 4) is 11.5 Å². The quantitative estimate of drug-likeness (QED) is 0.489. The molecule has 2 amide bonds. The van der Waals surface area contributed by atoms with E-state index in [1.165, 1.54) is 0 Å².